The summed E-state index contributed by atoms with van der Waals surface area (Å²) in [4.78, 5) is 45.5. The van der Waals surface area contributed by atoms with Gasteiger partial charge >= 0.3 is 5.97 Å². The highest BCUT2D eigenvalue weighted by Crippen LogP contribution is 2.05. The minimum absolute atomic E-state index is 0.0325. The van der Waals surface area contributed by atoms with Gasteiger partial charge in [0.05, 0.1) is 6.61 Å². The predicted molar refractivity (Wildman–Crippen MR) is 86.4 cm³/mol. The molecule has 3 N–H and O–H groups in total. The fourth-order valence-electron chi connectivity index (χ4n) is 1.54. The molecule has 0 saturated carbocycles. The van der Waals surface area contributed by atoms with Gasteiger partial charge in [-0.1, -0.05) is 18.2 Å². The van der Waals surface area contributed by atoms with Crippen molar-refractivity contribution in [3.8, 4) is 0 Å². The molecule has 0 radical (unpaired) electrons. The third-order valence-corrected chi connectivity index (χ3v) is 2.62. The monoisotopic (exact) mass is 333 g/mol. The first-order chi connectivity index (χ1) is 11.5. The van der Waals surface area contributed by atoms with Crippen molar-refractivity contribution in [3.05, 3.63) is 42.5 Å². The second kappa shape index (κ2) is 10.5. The average molecular weight is 333 g/mol. The Morgan fingerprint density at radius 1 is 0.958 bits per heavy atom. The highest BCUT2D eigenvalue weighted by atomic mass is 16.5. The van der Waals surface area contributed by atoms with Crippen LogP contribution in [0.3, 0.4) is 0 Å². The van der Waals surface area contributed by atoms with Gasteiger partial charge in [0, 0.05) is 30.7 Å². The number of esters is 1. The Kier molecular flexibility index (Phi) is 8.30. The van der Waals surface area contributed by atoms with E-state index in [9.17, 15) is 19.2 Å². The lowest BCUT2D eigenvalue weighted by Gasteiger charge is -2.06. The zero-order valence-corrected chi connectivity index (χ0v) is 13.2. The first-order valence-electron chi connectivity index (χ1n) is 7.29. The Morgan fingerprint density at radius 2 is 1.62 bits per heavy atom. The highest BCUT2D eigenvalue weighted by molar-refractivity contribution is 5.96. The number of rotatable bonds is 7. The molecule has 1 aromatic rings. The van der Waals surface area contributed by atoms with Crippen LogP contribution in [0.2, 0.25) is 0 Å². The van der Waals surface area contributed by atoms with Crippen LogP contribution in [0, 0.1) is 0 Å². The summed E-state index contributed by atoms with van der Waals surface area (Å²) in [5.41, 5.74) is 4.86. The standard InChI is InChI=1S/C16H19N3O5/c1-2-24-16(23)11-10-15(22)19-18-14(21)9-8-13(20)17-12-6-4-3-5-7-12/h3-7,10-11H,2,8-9H2,1H3,(H,17,20)(H,18,21)(H,19,22). The molecule has 24 heavy (non-hydrogen) atoms. The Labute approximate surface area is 139 Å². The van der Waals surface area contributed by atoms with Gasteiger partial charge in [-0.2, -0.15) is 0 Å². The Balaban J connectivity index is 2.23. The molecular formula is C16H19N3O5. The number of carbonyl (C=O) groups excluding carboxylic acids is 4. The molecule has 0 fully saturated rings. The Bertz CT molecular complexity index is 613. The van der Waals surface area contributed by atoms with E-state index >= 15 is 0 Å². The second-order valence-corrected chi connectivity index (χ2v) is 4.54. The summed E-state index contributed by atoms with van der Waals surface area (Å²) < 4.78 is 4.59. The number of hydrogen-bond acceptors (Lipinski definition) is 5. The maximum absolute atomic E-state index is 11.7. The Hall–Kier alpha value is -3.16. The lowest BCUT2D eigenvalue weighted by Crippen LogP contribution is -2.41. The molecule has 1 rings (SSSR count). The van der Waals surface area contributed by atoms with Gasteiger partial charge in [-0.3, -0.25) is 25.2 Å². The van der Waals surface area contributed by atoms with Crippen LogP contribution in [0.5, 0.6) is 0 Å². The number of nitrogens with one attached hydrogen (secondary N) is 3. The number of carbonyl (C=O) groups is 4. The number of para-hydroxylation sites is 1. The summed E-state index contributed by atoms with van der Waals surface area (Å²) in [7, 11) is 0. The molecule has 1 aromatic carbocycles. The summed E-state index contributed by atoms with van der Waals surface area (Å²) in [6.07, 6.45) is 1.74. The summed E-state index contributed by atoms with van der Waals surface area (Å²) in [6.45, 7) is 1.84. The van der Waals surface area contributed by atoms with Crippen molar-refractivity contribution in [3.63, 3.8) is 0 Å². The van der Waals surface area contributed by atoms with Crippen molar-refractivity contribution < 1.29 is 23.9 Å². The normalized spacial score (nSPS) is 10.0. The SMILES string of the molecule is CCOC(=O)C=CC(=O)NNC(=O)CCC(=O)Nc1ccccc1. The van der Waals surface area contributed by atoms with E-state index in [1.807, 2.05) is 6.07 Å². The third kappa shape index (κ3) is 8.32. The zero-order valence-electron chi connectivity index (χ0n) is 13.2. The van der Waals surface area contributed by atoms with E-state index in [1.165, 1.54) is 0 Å². The van der Waals surface area contributed by atoms with Crippen molar-refractivity contribution in [2.75, 3.05) is 11.9 Å². The molecule has 0 aliphatic heterocycles. The summed E-state index contributed by atoms with van der Waals surface area (Å²) in [5.74, 6) is -2.19. The van der Waals surface area contributed by atoms with Gasteiger partial charge in [0.15, 0.2) is 0 Å². The maximum Gasteiger partial charge on any atom is 0.330 e. The largest absolute Gasteiger partial charge is 0.463 e. The van der Waals surface area contributed by atoms with Gasteiger partial charge in [-0.25, -0.2) is 4.79 Å². The van der Waals surface area contributed by atoms with Gasteiger partial charge in [0.2, 0.25) is 11.8 Å². The topological polar surface area (TPSA) is 114 Å². The lowest BCUT2D eigenvalue weighted by atomic mass is 10.2. The number of anilines is 1. The van der Waals surface area contributed by atoms with Crippen molar-refractivity contribution in [2.45, 2.75) is 19.8 Å². The molecule has 128 valence electrons. The van der Waals surface area contributed by atoms with Crippen LogP contribution in [0.1, 0.15) is 19.8 Å². The van der Waals surface area contributed by atoms with Crippen LogP contribution in [-0.4, -0.2) is 30.3 Å². The van der Waals surface area contributed by atoms with Crippen molar-refractivity contribution in [2.24, 2.45) is 0 Å². The quantitative estimate of drug-likeness (QED) is 0.386. The van der Waals surface area contributed by atoms with Crippen LogP contribution in [-0.2, 0) is 23.9 Å². The summed E-state index contributed by atoms with van der Waals surface area (Å²) in [6, 6.07) is 8.84. The van der Waals surface area contributed by atoms with Crippen molar-refractivity contribution in [1.29, 1.82) is 0 Å². The van der Waals surface area contributed by atoms with Crippen molar-refractivity contribution >= 4 is 29.4 Å². The van der Waals surface area contributed by atoms with Gasteiger partial charge in [0.25, 0.3) is 5.91 Å². The molecule has 0 aliphatic carbocycles. The molecular weight excluding hydrogens is 314 g/mol. The number of hydrogen-bond donors (Lipinski definition) is 3. The zero-order chi connectivity index (χ0) is 17.8. The molecule has 8 nitrogen and oxygen atoms in total. The van der Waals surface area contributed by atoms with Crippen LogP contribution in [0.25, 0.3) is 0 Å². The highest BCUT2D eigenvalue weighted by Gasteiger charge is 2.08. The van der Waals surface area contributed by atoms with Gasteiger partial charge < -0.3 is 10.1 Å². The van der Waals surface area contributed by atoms with E-state index in [0.717, 1.165) is 12.2 Å². The molecule has 0 bridgehead atoms. The molecule has 0 heterocycles. The molecule has 8 heteroatoms. The van der Waals surface area contributed by atoms with E-state index in [2.05, 4.69) is 20.9 Å². The van der Waals surface area contributed by atoms with E-state index in [4.69, 9.17) is 0 Å². The van der Waals surface area contributed by atoms with E-state index in [1.54, 1.807) is 31.2 Å². The predicted octanol–water partition coefficient (Wildman–Crippen LogP) is 0.672. The van der Waals surface area contributed by atoms with Crippen LogP contribution >= 0.6 is 0 Å². The first-order valence-corrected chi connectivity index (χ1v) is 7.29. The molecule has 0 atom stereocenters. The van der Waals surface area contributed by atoms with Crippen molar-refractivity contribution in [1.82, 2.24) is 10.9 Å². The van der Waals surface area contributed by atoms with Gasteiger partial charge in [0.1, 0.15) is 0 Å². The lowest BCUT2D eigenvalue weighted by molar-refractivity contribution is -0.137. The number of amides is 3. The maximum atomic E-state index is 11.7. The number of benzene rings is 1. The van der Waals surface area contributed by atoms with Gasteiger partial charge in [-0.15, -0.1) is 0 Å². The van der Waals surface area contributed by atoms with Crippen LogP contribution < -0.4 is 16.2 Å². The van der Waals surface area contributed by atoms with E-state index in [-0.39, 0.29) is 25.4 Å². The first kappa shape index (κ1) is 18.9. The summed E-state index contributed by atoms with van der Waals surface area (Å²) >= 11 is 0. The average Bonchev–Trinajstić information content (AvgIpc) is 2.57. The Morgan fingerprint density at radius 3 is 2.29 bits per heavy atom. The molecule has 0 aromatic heterocycles. The van der Waals surface area contributed by atoms with Crippen LogP contribution in [0.4, 0.5) is 5.69 Å². The van der Waals surface area contributed by atoms with E-state index in [0.29, 0.717) is 5.69 Å². The molecule has 0 unspecified atom stereocenters. The number of hydrazine groups is 1. The summed E-state index contributed by atoms with van der Waals surface area (Å²) in [5, 5.41) is 2.64. The van der Waals surface area contributed by atoms with Crippen LogP contribution in [0.15, 0.2) is 42.5 Å². The molecule has 0 spiro atoms. The van der Waals surface area contributed by atoms with E-state index < -0.39 is 17.8 Å². The fourth-order valence-corrected chi connectivity index (χ4v) is 1.54. The third-order valence-electron chi connectivity index (χ3n) is 2.62. The molecule has 0 saturated heterocycles. The minimum atomic E-state index is -0.690. The smallest absolute Gasteiger partial charge is 0.330 e. The minimum Gasteiger partial charge on any atom is -0.463 e. The number of ether oxygens (including phenoxy) is 1. The fraction of sp³-hybridized carbons (Fsp3) is 0.250. The van der Waals surface area contributed by atoms with Gasteiger partial charge in [-0.05, 0) is 19.1 Å². The molecule has 0 aliphatic rings. The molecule has 3 amide bonds. The second-order valence-electron chi connectivity index (χ2n) is 4.54.